The Morgan fingerprint density at radius 3 is 2.85 bits per heavy atom. The Kier molecular flexibility index (Phi) is 3.45. The van der Waals surface area contributed by atoms with Crippen molar-refractivity contribution in [2.45, 2.75) is 25.9 Å². The van der Waals surface area contributed by atoms with E-state index in [0.29, 0.717) is 17.9 Å². The van der Waals surface area contributed by atoms with Crippen LogP contribution in [0.25, 0.3) is 0 Å². The maximum atomic E-state index is 14.0. The number of aryl methyl sites for hydroxylation is 2. The van der Waals surface area contributed by atoms with Crippen molar-refractivity contribution in [1.29, 1.82) is 0 Å². The summed E-state index contributed by atoms with van der Waals surface area (Å²) in [6.45, 7) is 2.47. The number of benzene rings is 2. The Labute approximate surface area is 117 Å². The van der Waals surface area contributed by atoms with E-state index in [-0.39, 0.29) is 11.4 Å². The van der Waals surface area contributed by atoms with Crippen LogP contribution in [0.2, 0.25) is 0 Å². The van der Waals surface area contributed by atoms with E-state index in [4.69, 9.17) is 4.74 Å². The first-order valence-electron chi connectivity index (χ1n) is 6.85. The highest BCUT2D eigenvalue weighted by Crippen LogP contribution is 2.36. The third-order valence-corrected chi connectivity index (χ3v) is 3.71. The van der Waals surface area contributed by atoms with E-state index >= 15 is 0 Å². The second-order valence-electron chi connectivity index (χ2n) is 5.22. The van der Waals surface area contributed by atoms with Gasteiger partial charge in [0, 0.05) is 11.1 Å². The summed E-state index contributed by atoms with van der Waals surface area (Å²) in [7, 11) is 0. The predicted molar refractivity (Wildman–Crippen MR) is 75.5 cm³/mol. The number of rotatable bonds is 2. The fourth-order valence-corrected chi connectivity index (χ4v) is 2.65. The van der Waals surface area contributed by atoms with E-state index in [1.165, 1.54) is 6.07 Å². The molecule has 0 saturated heterocycles. The summed E-state index contributed by atoms with van der Waals surface area (Å²) in [4.78, 5) is 0. The molecule has 3 rings (SSSR count). The van der Waals surface area contributed by atoms with Crippen LogP contribution >= 0.6 is 0 Å². The number of ether oxygens (including phenoxy) is 1. The van der Waals surface area contributed by atoms with Crippen LogP contribution in [0.3, 0.4) is 0 Å². The number of fused-ring (bicyclic) bond motifs is 1. The molecular formula is C17H17FO2. The van der Waals surface area contributed by atoms with Crippen molar-refractivity contribution < 1.29 is 14.2 Å². The minimum Gasteiger partial charge on any atom is -0.493 e. The lowest BCUT2D eigenvalue weighted by atomic mass is 9.95. The summed E-state index contributed by atoms with van der Waals surface area (Å²) in [6.07, 6.45) is 0.918. The molecule has 0 radical (unpaired) electrons. The predicted octanol–water partition coefficient (Wildman–Crippen LogP) is 3.54. The lowest BCUT2D eigenvalue weighted by Gasteiger charge is -2.23. The molecule has 0 saturated carbocycles. The zero-order valence-electron chi connectivity index (χ0n) is 11.4. The Balaban J connectivity index is 2.04. The molecule has 1 heterocycles. The van der Waals surface area contributed by atoms with Gasteiger partial charge in [-0.15, -0.1) is 0 Å². The zero-order valence-corrected chi connectivity index (χ0v) is 11.4. The zero-order chi connectivity index (χ0) is 14.1. The van der Waals surface area contributed by atoms with Gasteiger partial charge in [0.15, 0.2) is 0 Å². The first-order valence-corrected chi connectivity index (χ1v) is 6.85. The first-order chi connectivity index (χ1) is 9.66. The number of aliphatic hydroxyl groups excluding tert-OH is 1. The normalized spacial score (nSPS) is 15.3. The van der Waals surface area contributed by atoms with Gasteiger partial charge in [0.2, 0.25) is 0 Å². The van der Waals surface area contributed by atoms with Crippen molar-refractivity contribution in [3.05, 3.63) is 64.5 Å². The van der Waals surface area contributed by atoms with E-state index in [9.17, 15) is 9.50 Å². The van der Waals surface area contributed by atoms with Gasteiger partial charge in [0.05, 0.1) is 6.61 Å². The van der Waals surface area contributed by atoms with Gasteiger partial charge in [-0.3, -0.25) is 0 Å². The smallest absolute Gasteiger partial charge is 0.129 e. The molecule has 1 N–H and O–H groups in total. The molecule has 0 aliphatic carbocycles. The van der Waals surface area contributed by atoms with Crippen molar-refractivity contribution in [2.24, 2.45) is 0 Å². The third kappa shape index (κ3) is 2.29. The largest absolute Gasteiger partial charge is 0.493 e. The van der Waals surface area contributed by atoms with Crippen LogP contribution in [0.15, 0.2) is 36.4 Å². The van der Waals surface area contributed by atoms with Gasteiger partial charge in [0.25, 0.3) is 0 Å². The summed E-state index contributed by atoms with van der Waals surface area (Å²) in [5, 5.41) is 10.5. The second-order valence-corrected chi connectivity index (χ2v) is 5.22. The van der Waals surface area contributed by atoms with Crippen molar-refractivity contribution >= 4 is 0 Å². The fraction of sp³-hybridized carbons (Fsp3) is 0.294. The maximum Gasteiger partial charge on any atom is 0.129 e. The van der Waals surface area contributed by atoms with Crippen LogP contribution in [0, 0.1) is 12.7 Å². The molecule has 1 unspecified atom stereocenters. The molecule has 1 atom stereocenters. The Morgan fingerprint density at radius 2 is 2.05 bits per heavy atom. The van der Waals surface area contributed by atoms with E-state index < -0.39 is 6.10 Å². The molecule has 0 spiro atoms. The molecule has 1 aliphatic rings. The first kappa shape index (κ1) is 13.1. The lowest BCUT2D eigenvalue weighted by molar-refractivity contribution is 0.202. The molecule has 0 aromatic heterocycles. The van der Waals surface area contributed by atoms with E-state index in [2.05, 4.69) is 0 Å². The quantitative estimate of drug-likeness (QED) is 0.906. The third-order valence-electron chi connectivity index (χ3n) is 3.71. The number of aliphatic hydroxyl groups is 1. The van der Waals surface area contributed by atoms with Crippen molar-refractivity contribution in [2.75, 3.05) is 6.61 Å². The van der Waals surface area contributed by atoms with E-state index in [0.717, 1.165) is 24.0 Å². The van der Waals surface area contributed by atoms with Crippen LogP contribution in [0.1, 0.15) is 34.8 Å². The van der Waals surface area contributed by atoms with E-state index in [1.54, 1.807) is 18.2 Å². The molecule has 0 fully saturated rings. The highest BCUT2D eigenvalue weighted by atomic mass is 19.1. The van der Waals surface area contributed by atoms with Gasteiger partial charge in [-0.1, -0.05) is 30.3 Å². The van der Waals surface area contributed by atoms with Gasteiger partial charge in [0.1, 0.15) is 17.7 Å². The molecule has 3 heteroatoms. The summed E-state index contributed by atoms with van der Waals surface area (Å²) >= 11 is 0. The molecule has 2 aromatic rings. The summed E-state index contributed by atoms with van der Waals surface area (Å²) in [5.74, 6) is 0.331. The SMILES string of the molecule is Cc1ccc(C(O)c2cccc3c2OCCC3)c(F)c1. The van der Waals surface area contributed by atoms with Gasteiger partial charge in [-0.25, -0.2) is 4.39 Å². The van der Waals surface area contributed by atoms with Crippen molar-refractivity contribution in [1.82, 2.24) is 0 Å². The van der Waals surface area contributed by atoms with Crippen LogP contribution in [0.5, 0.6) is 5.75 Å². The number of halogens is 1. The Bertz CT molecular complexity index is 637. The van der Waals surface area contributed by atoms with Crippen LogP contribution in [0.4, 0.5) is 4.39 Å². The summed E-state index contributed by atoms with van der Waals surface area (Å²) in [5.41, 5.74) is 2.85. The second kappa shape index (κ2) is 5.25. The number of para-hydroxylation sites is 1. The highest BCUT2D eigenvalue weighted by molar-refractivity contribution is 5.47. The van der Waals surface area contributed by atoms with E-state index in [1.807, 2.05) is 19.1 Å². The van der Waals surface area contributed by atoms with Crippen LogP contribution in [-0.2, 0) is 6.42 Å². The highest BCUT2D eigenvalue weighted by Gasteiger charge is 2.22. The van der Waals surface area contributed by atoms with Crippen molar-refractivity contribution in [3.63, 3.8) is 0 Å². The average molecular weight is 272 g/mol. The molecule has 0 bridgehead atoms. The molecule has 0 amide bonds. The topological polar surface area (TPSA) is 29.5 Å². The molecule has 2 aromatic carbocycles. The number of hydrogen-bond donors (Lipinski definition) is 1. The molecular weight excluding hydrogens is 255 g/mol. The monoisotopic (exact) mass is 272 g/mol. The molecule has 1 aliphatic heterocycles. The molecule has 104 valence electrons. The molecule has 2 nitrogen and oxygen atoms in total. The molecule has 20 heavy (non-hydrogen) atoms. The van der Waals surface area contributed by atoms with Crippen molar-refractivity contribution in [3.8, 4) is 5.75 Å². The Morgan fingerprint density at radius 1 is 1.20 bits per heavy atom. The minimum atomic E-state index is -0.997. The maximum absolute atomic E-state index is 14.0. The van der Waals surface area contributed by atoms with Gasteiger partial charge >= 0.3 is 0 Å². The number of hydrogen-bond acceptors (Lipinski definition) is 2. The fourth-order valence-electron chi connectivity index (χ4n) is 2.65. The van der Waals surface area contributed by atoms with Gasteiger partial charge < -0.3 is 9.84 Å². The van der Waals surface area contributed by atoms with Crippen LogP contribution in [-0.4, -0.2) is 11.7 Å². The standard InChI is InChI=1S/C17H17FO2/c1-11-7-8-13(15(18)10-11)16(19)14-6-2-4-12-5-3-9-20-17(12)14/h2,4,6-8,10,16,19H,3,5,9H2,1H3. The van der Waals surface area contributed by atoms with Gasteiger partial charge in [-0.05, 0) is 37.0 Å². The lowest BCUT2D eigenvalue weighted by Crippen LogP contribution is -2.13. The average Bonchev–Trinajstić information content (AvgIpc) is 2.46. The van der Waals surface area contributed by atoms with Crippen LogP contribution < -0.4 is 4.74 Å². The minimum absolute atomic E-state index is 0.290. The summed E-state index contributed by atoms with van der Waals surface area (Å²) in [6, 6.07) is 10.6. The Hall–Kier alpha value is -1.87. The van der Waals surface area contributed by atoms with Gasteiger partial charge in [-0.2, -0.15) is 0 Å². The summed E-state index contributed by atoms with van der Waals surface area (Å²) < 4.78 is 19.7.